The molecule has 0 fully saturated rings. The number of carboxylic acid groups (broad SMARTS) is 1. The van der Waals surface area contributed by atoms with Gasteiger partial charge in [0.25, 0.3) is 5.91 Å². The summed E-state index contributed by atoms with van der Waals surface area (Å²) < 4.78 is 5.03. The van der Waals surface area contributed by atoms with Gasteiger partial charge in [-0.15, -0.1) is 11.3 Å². The van der Waals surface area contributed by atoms with Crippen molar-refractivity contribution in [2.45, 2.75) is 38.8 Å². The number of carboxylic acids is 1. The molecular weight excluding hydrogens is 392 g/mol. The zero-order valence-corrected chi connectivity index (χ0v) is 16.3. The number of nitrogens with two attached hydrogens (primary N) is 2. The fourth-order valence-corrected chi connectivity index (χ4v) is 2.46. The molecule has 1 heterocycles. The Balaban J connectivity index is 2.57. The Kier molecular flexibility index (Phi) is 7.86. The highest BCUT2D eigenvalue weighted by Crippen LogP contribution is 2.18. The number of aliphatic imine (C=N–C) groups is 1. The molecular formula is C15H22N6O6S. The molecule has 7 N–H and O–H groups in total. The van der Waals surface area contributed by atoms with Crippen LogP contribution < -0.4 is 22.1 Å². The lowest BCUT2D eigenvalue weighted by atomic mass is 10.1. The van der Waals surface area contributed by atoms with Crippen molar-refractivity contribution >= 4 is 46.2 Å². The van der Waals surface area contributed by atoms with E-state index in [4.69, 9.17) is 21.3 Å². The number of thiazole rings is 1. The molecule has 0 bridgehead atoms. The van der Waals surface area contributed by atoms with Gasteiger partial charge in [-0.25, -0.2) is 9.78 Å². The van der Waals surface area contributed by atoms with Crippen LogP contribution in [0.1, 0.15) is 37.7 Å². The Morgan fingerprint density at radius 3 is 2.50 bits per heavy atom. The van der Waals surface area contributed by atoms with Crippen molar-refractivity contribution in [2.75, 3.05) is 6.54 Å². The Hall–Kier alpha value is -3.22. The lowest BCUT2D eigenvalue weighted by molar-refractivity contribution is -0.158. The maximum absolute atomic E-state index is 12.0. The van der Waals surface area contributed by atoms with Crippen LogP contribution in [0, 0.1) is 0 Å². The molecule has 0 radical (unpaired) electrons. The number of ether oxygens (including phenoxy) is 1. The van der Waals surface area contributed by atoms with Gasteiger partial charge in [-0.1, -0.05) is 0 Å². The smallest absolute Gasteiger partial charge is 0.326 e. The molecule has 0 aliphatic rings. The highest BCUT2D eigenvalue weighted by molar-refractivity contribution is 7.13. The third-order valence-electron chi connectivity index (χ3n) is 2.78. The molecule has 0 aliphatic carbocycles. The second-order valence-corrected chi connectivity index (χ2v) is 7.32. The number of hydrogen-bond acceptors (Lipinski definition) is 8. The molecule has 1 aromatic heterocycles. The summed E-state index contributed by atoms with van der Waals surface area (Å²) >= 11 is 1.02. The Morgan fingerprint density at radius 1 is 1.32 bits per heavy atom. The average Bonchev–Trinajstić information content (AvgIpc) is 2.97. The zero-order valence-electron chi connectivity index (χ0n) is 15.5. The van der Waals surface area contributed by atoms with Gasteiger partial charge in [0.05, 0.1) is 13.0 Å². The van der Waals surface area contributed by atoms with Crippen LogP contribution in [0.2, 0.25) is 0 Å². The number of rotatable bonds is 8. The minimum atomic E-state index is -1.49. The van der Waals surface area contributed by atoms with Gasteiger partial charge >= 0.3 is 11.9 Å². The van der Waals surface area contributed by atoms with Crippen LogP contribution in [-0.2, 0) is 19.1 Å². The maximum atomic E-state index is 12.0. The molecule has 0 saturated carbocycles. The van der Waals surface area contributed by atoms with E-state index in [-0.39, 0.29) is 16.8 Å². The number of nitrogens with one attached hydrogen (secondary N) is 2. The molecule has 1 aromatic rings. The Bertz CT molecular complexity index is 780. The predicted molar refractivity (Wildman–Crippen MR) is 99.9 cm³/mol. The Morgan fingerprint density at radius 2 is 1.96 bits per heavy atom. The number of hydrogen-bond donors (Lipinski definition) is 5. The van der Waals surface area contributed by atoms with Gasteiger partial charge in [-0.2, -0.15) is 4.99 Å². The van der Waals surface area contributed by atoms with E-state index in [1.54, 1.807) is 20.8 Å². The molecule has 13 heteroatoms. The number of aromatic nitrogens is 1. The number of esters is 1. The van der Waals surface area contributed by atoms with Crippen LogP contribution in [0.4, 0.5) is 5.13 Å². The van der Waals surface area contributed by atoms with E-state index in [1.807, 2.05) is 0 Å². The van der Waals surface area contributed by atoms with Gasteiger partial charge in [0.1, 0.15) is 17.3 Å². The summed E-state index contributed by atoms with van der Waals surface area (Å²) in [5.41, 5.74) is 9.61. The minimum absolute atomic E-state index is 0.0126. The summed E-state index contributed by atoms with van der Waals surface area (Å²) in [4.78, 5) is 54.4. The topological polar surface area (TPSA) is 199 Å². The van der Waals surface area contributed by atoms with Crippen LogP contribution in [0.3, 0.4) is 0 Å². The first-order chi connectivity index (χ1) is 12.9. The summed E-state index contributed by atoms with van der Waals surface area (Å²) in [6.45, 7) is 4.37. The zero-order chi connectivity index (χ0) is 21.5. The van der Waals surface area contributed by atoms with Crippen molar-refractivity contribution in [2.24, 2.45) is 16.5 Å². The SMILES string of the molecule is CC(C)(C)OC(=O)C[C@H](NC(=O)CNC(=O)c1csc(N=C(N)N)n1)C(=O)O. The van der Waals surface area contributed by atoms with Crippen molar-refractivity contribution in [1.29, 1.82) is 0 Å². The van der Waals surface area contributed by atoms with Gasteiger partial charge in [0.2, 0.25) is 11.0 Å². The maximum Gasteiger partial charge on any atom is 0.326 e. The summed E-state index contributed by atoms with van der Waals surface area (Å²) in [7, 11) is 0. The second kappa shape index (κ2) is 9.64. The van der Waals surface area contributed by atoms with Crippen molar-refractivity contribution < 1.29 is 29.0 Å². The number of nitrogens with zero attached hydrogens (tertiary/aromatic N) is 2. The molecule has 1 atom stereocenters. The first-order valence-corrected chi connectivity index (χ1v) is 8.82. The first-order valence-electron chi connectivity index (χ1n) is 7.94. The van der Waals surface area contributed by atoms with Crippen LogP contribution in [-0.4, -0.2) is 58.0 Å². The van der Waals surface area contributed by atoms with E-state index in [9.17, 15) is 19.2 Å². The molecule has 154 valence electrons. The monoisotopic (exact) mass is 414 g/mol. The molecule has 2 amide bonds. The number of aliphatic carboxylic acids is 1. The fraction of sp³-hybridized carbons (Fsp3) is 0.467. The molecule has 28 heavy (non-hydrogen) atoms. The number of guanidine groups is 1. The highest BCUT2D eigenvalue weighted by Gasteiger charge is 2.26. The molecule has 1 rings (SSSR count). The molecule has 12 nitrogen and oxygen atoms in total. The lowest BCUT2D eigenvalue weighted by Gasteiger charge is -2.21. The number of amides is 2. The lowest BCUT2D eigenvalue weighted by Crippen LogP contribution is -2.47. The van der Waals surface area contributed by atoms with Gasteiger partial charge in [-0.05, 0) is 20.8 Å². The van der Waals surface area contributed by atoms with E-state index in [2.05, 4.69) is 20.6 Å². The van der Waals surface area contributed by atoms with Crippen LogP contribution in [0.25, 0.3) is 0 Å². The largest absolute Gasteiger partial charge is 0.480 e. The van der Waals surface area contributed by atoms with Gasteiger partial charge in [0.15, 0.2) is 5.96 Å². The summed E-state index contributed by atoms with van der Waals surface area (Å²) in [6.07, 6.45) is -0.555. The second-order valence-electron chi connectivity index (χ2n) is 6.48. The van der Waals surface area contributed by atoms with Crippen molar-refractivity contribution in [3.63, 3.8) is 0 Å². The minimum Gasteiger partial charge on any atom is -0.480 e. The average molecular weight is 414 g/mol. The Labute approximate surface area is 164 Å². The van der Waals surface area contributed by atoms with Gasteiger partial charge < -0.3 is 31.9 Å². The van der Waals surface area contributed by atoms with Gasteiger partial charge in [-0.3, -0.25) is 14.4 Å². The van der Waals surface area contributed by atoms with E-state index in [0.29, 0.717) is 0 Å². The molecule has 0 spiro atoms. The molecule has 0 saturated heterocycles. The van der Waals surface area contributed by atoms with E-state index < -0.39 is 48.4 Å². The molecule has 0 aromatic carbocycles. The highest BCUT2D eigenvalue weighted by atomic mass is 32.1. The summed E-state index contributed by atoms with van der Waals surface area (Å²) in [6, 6.07) is -1.49. The van der Waals surface area contributed by atoms with Gasteiger partial charge in [0, 0.05) is 5.38 Å². The van der Waals surface area contributed by atoms with E-state index >= 15 is 0 Å². The quantitative estimate of drug-likeness (QED) is 0.203. The summed E-state index contributed by atoms with van der Waals surface area (Å²) in [5, 5.41) is 15.1. The van der Waals surface area contributed by atoms with E-state index in [0.717, 1.165) is 11.3 Å². The number of carbonyl (C=O) groups excluding carboxylic acids is 3. The first kappa shape index (κ1) is 22.8. The van der Waals surface area contributed by atoms with Crippen molar-refractivity contribution in [1.82, 2.24) is 15.6 Å². The van der Waals surface area contributed by atoms with Crippen molar-refractivity contribution in [3.05, 3.63) is 11.1 Å². The van der Waals surface area contributed by atoms with E-state index in [1.165, 1.54) is 5.38 Å². The predicted octanol–water partition coefficient (Wildman–Crippen LogP) is -0.921. The third kappa shape index (κ3) is 8.44. The number of carbonyl (C=O) groups is 4. The summed E-state index contributed by atoms with van der Waals surface area (Å²) in [5.74, 6) is -3.89. The fourth-order valence-electron chi connectivity index (χ4n) is 1.78. The van der Waals surface area contributed by atoms with Crippen molar-refractivity contribution in [3.8, 4) is 0 Å². The third-order valence-corrected chi connectivity index (χ3v) is 3.52. The normalized spacial score (nSPS) is 11.8. The molecule has 0 unspecified atom stereocenters. The van der Waals surface area contributed by atoms with Crippen LogP contribution >= 0.6 is 11.3 Å². The van der Waals surface area contributed by atoms with Crippen LogP contribution in [0.5, 0.6) is 0 Å². The standard InChI is InChI=1S/C15H22N6O6S/c1-15(2,3)27-10(23)4-7(12(25)26)19-9(22)5-18-11(24)8-6-28-14(20-8)21-13(16)17/h6-7H,4-5H2,1-3H3,(H,18,24)(H,19,22)(H,25,26)(H4,16,17,20,21)/t7-/m0/s1. The van der Waals surface area contributed by atoms with Crippen LogP contribution in [0.15, 0.2) is 10.4 Å². The molecule has 0 aliphatic heterocycles.